The summed E-state index contributed by atoms with van der Waals surface area (Å²) in [5.41, 5.74) is 4.76. The van der Waals surface area contributed by atoms with E-state index in [0.29, 0.717) is 31.7 Å². The molecule has 1 aromatic rings. The number of halogens is 1. The highest BCUT2D eigenvalue weighted by atomic mass is 19.1. The lowest BCUT2D eigenvalue weighted by Gasteiger charge is -2.20. The van der Waals surface area contributed by atoms with E-state index < -0.39 is 17.3 Å². The lowest BCUT2D eigenvalue weighted by Crippen LogP contribution is -2.40. The van der Waals surface area contributed by atoms with Crippen molar-refractivity contribution in [2.45, 2.75) is 18.6 Å². The fraction of sp³-hybridized carbons (Fsp3) is 0.462. The summed E-state index contributed by atoms with van der Waals surface area (Å²) >= 11 is 0. The van der Waals surface area contributed by atoms with Gasteiger partial charge in [0.25, 0.3) is 0 Å². The van der Waals surface area contributed by atoms with E-state index >= 15 is 0 Å². The van der Waals surface area contributed by atoms with Gasteiger partial charge in [-0.1, -0.05) is 6.07 Å². The molecule has 0 saturated carbocycles. The number of primary amides is 1. The molecule has 1 heterocycles. The Morgan fingerprint density at radius 2 is 2.37 bits per heavy atom. The third-order valence-corrected chi connectivity index (χ3v) is 3.19. The lowest BCUT2D eigenvalue weighted by molar-refractivity contribution is 0.0268. The molecule has 0 spiro atoms. The molecular weight excluding hydrogens is 251 g/mol. The van der Waals surface area contributed by atoms with Crippen LogP contribution in [-0.4, -0.2) is 36.4 Å². The topological polar surface area (TPSA) is 84.6 Å². The maximum atomic E-state index is 13.7. The van der Waals surface area contributed by atoms with Gasteiger partial charge in [-0.15, -0.1) is 0 Å². The van der Waals surface area contributed by atoms with Gasteiger partial charge in [-0.2, -0.15) is 0 Å². The number of hydrogen-bond acceptors (Lipinski definition) is 4. The van der Waals surface area contributed by atoms with E-state index in [1.807, 2.05) is 0 Å². The largest absolute Gasteiger partial charge is 0.386 e. The number of carbonyl (C=O) groups is 1. The molecule has 1 unspecified atom stereocenters. The van der Waals surface area contributed by atoms with E-state index in [4.69, 9.17) is 10.5 Å². The van der Waals surface area contributed by atoms with Crippen molar-refractivity contribution in [3.8, 4) is 0 Å². The molecule has 2 rings (SSSR count). The van der Waals surface area contributed by atoms with Crippen LogP contribution in [0.2, 0.25) is 0 Å². The first-order chi connectivity index (χ1) is 9.00. The standard InChI is InChI=1S/C13H17FN2O3/c14-11-5-9(12(15)17)1-2-10(11)6-16-7-13(18)3-4-19-8-13/h1-2,5,16,18H,3-4,6-8H2,(H2,15,17). The average Bonchev–Trinajstić information content (AvgIpc) is 2.78. The van der Waals surface area contributed by atoms with Gasteiger partial charge >= 0.3 is 0 Å². The summed E-state index contributed by atoms with van der Waals surface area (Å²) in [7, 11) is 0. The third-order valence-electron chi connectivity index (χ3n) is 3.19. The number of hydrogen-bond donors (Lipinski definition) is 3. The van der Waals surface area contributed by atoms with Crippen LogP contribution in [-0.2, 0) is 11.3 Å². The smallest absolute Gasteiger partial charge is 0.248 e. The second-order valence-electron chi connectivity index (χ2n) is 4.80. The van der Waals surface area contributed by atoms with Crippen LogP contribution in [0.25, 0.3) is 0 Å². The fourth-order valence-corrected chi connectivity index (χ4v) is 2.01. The van der Waals surface area contributed by atoms with Crippen molar-refractivity contribution in [1.29, 1.82) is 0 Å². The molecule has 0 aromatic heterocycles. The summed E-state index contributed by atoms with van der Waals surface area (Å²) in [6.07, 6.45) is 0.573. The lowest BCUT2D eigenvalue weighted by atomic mass is 10.0. The molecule has 1 fully saturated rings. The van der Waals surface area contributed by atoms with Crippen LogP contribution < -0.4 is 11.1 Å². The Hall–Kier alpha value is -1.50. The van der Waals surface area contributed by atoms with E-state index in [0.717, 1.165) is 6.07 Å². The molecule has 1 saturated heterocycles. The first-order valence-electron chi connectivity index (χ1n) is 6.09. The number of aliphatic hydroxyl groups is 1. The van der Waals surface area contributed by atoms with Crippen molar-refractivity contribution in [2.24, 2.45) is 5.73 Å². The fourth-order valence-electron chi connectivity index (χ4n) is 2.01. The molecule has 1 amide bonds. The molecule has 1 aromatic carbocycles. The SMILES string of the molecule is NC(=O)c1ccc(CNCC2(O)CCOC2)c(F)c1. The van der Waals surface area contributed by atoms with Gasteiger partial charge in [-0.25, -0.2) is 4.39 Å². The van der Waals surface area contributed by atoms with Crippen molar-refractivity contribution in [2.75, 3.05) is 19.8 Å². The van der Waals surface area contributed by atoms with Crippen LogP contribution in [0.4, 0.5) is 4.39 Å². The summed E-state index contributed by atoms with van der Waals surface area (Å²) in [6.45, 7) is 1.44. The van der Waals surface area contributed by atoms with Crippen LogP contribution in [0.3, 0.4) is 0 Å². The Kier molecular flexibility index (Phi) is 4.14. The molecule has 5 nitrogen and oxygen atoms in total. The minimum absolute atomic E-state index is 0.143. The third kappa shape index (κ3) is 3.50. The van der Waals surface area contributed by atoms with Gasteiger partial charge in [0.1, 0.15) is 11.4 Å². The van der Waals surface area contributed by atoms with Gasteiger partial charge in [0.15, 0.2) is 0 Å². The number of rotatable bonds is 5. The number of amides is 1. The van der Waals surface area contributed by atoms with E-state index in [9.17, 15) is 14.3 Å². The Balaban J connectivity index is 1.91. The number of ether oxygens (including phenoxy) is 1. The molecule has 4 N–H and O–H groups in total. The monoisotopic (exact) mass is 268 g/mol. The van der Waals surface area contributed by atoms with Gasteiger partial charge < -0.3 is 20.9 Å². The minimum atomic E-state index is -0.871. The van der Waals surface area contributed by atoms with Crippen LogP contribution in [0.1, 0.15) is 22.3 Å². The summed E-state index contributed by atoms with van der Waals surface area (Å²) < 4.78 is 18.8. The molecule has 1 aliphatic rings. The van der Waals surface area contributed by atoms with Crippen molar-refractivity contribution >= 4 is 5.91 Å². The average molecular weight is 268 g/mol. The second-order valence-corrected chi connectivity index (χ2v) is 4.80. The van der Waals surface area contributed by atoms with Crippen LogP contribution in [0.5, 0.6) is 0 Å². The van der Waals surface area contributed by atoms with Gasteiger partial charge in [-0.05, 0) is 12.1 Å². The van der Waals surface area contributed by atoms with Crippen molar-refractivity contribution in [3.63, 3.8) is 0 Å². The molecule has 104 valence electrons. The van der Waals surface area contributed by atoms with Crippen LogP contribution in [0, 0.1) is 5.82 Å². The van der Waals surface area contributed by atoms with Gasteiger partial charge in [-0.3, -0.25) is 4.79 Å². The summed E-state index contributed by atoms with van der Waals surface area (Å²) in [5.74, 6) is -1.14. The molecule has 19 heavy (non-hydrogen) atoms. The Morgan fingerprint density at radius 3 is 2.95 bits per heavy atom. The highest BCUT2D eigenvalue weighted by molar-refractivity contribution is 5.92. The summed E-state index contributed by atoms with van der Waals surface area (Å²) in [5, 5.41) is 13.0. The van der Waals surface area contributed by atoms with Crippen molar-refractivity contribution in [3.05, 3.63) is 35.1 Å². The first-order valence-corrected chi connectivity index (χ1v) is 6.09. The highest BCUT2D eigenvalue weighted by Crippen LogP contribution is 2.17. The van der Waals surface area contributed by atoms with E-state index in [1.54, 1.807) is 0 Å². The van der Waals surface area contributed by atoms with E-state index in [-0.39, 0.29) is 12.1 Å². The van der Waals surface area contributed by atoms with Gasteiger partial charge in [0.05, 0.1) is 6.61 Å². The zero-order chi connectivity index (χ0) is 13.9. The normalized spacial score (nSPS) is 22.6. The van der Waals surface area contributed by atoms with Gasteiger partial charge in [0.2, 0.25) is 5.91 Å². The highest BCUT2D eigenvalue weighted by Gasteiger charge is 2.31. The number of nitrogens with two attached hydrogens (primary N) is 1. The van der Waals surface area contributed by atoms with Crippen molar-refractivity contribution in [1.82, 2.24) is 5.32 Å². The molecule has 6 heteroatoms. The quantitative estimate of drug-likeness (QED) is 0.710. The van der Waals surface area contributed by atoms with Crippen molar-refractivity contribution < 1.29 is 19.0 Å². The molecule has 0 radical (unpaired) electrons. The number of benzene rings is 1. The Morgan fingerprint density at radius 1 is 1.58 bits per heavy atom. The zero-order valence-electron chi connectivity index (χ0n) is 10.5. The molecular formula is C13H17FN2O3. The minimum Gasteiger partial charge on any atom is -0.386 e. The maximum Gasteiger partial charge on any atom is 0.248 e. The Bertz CT molecular complexity index is 473. The van der Waals surface area contributed by atoms with E-state index in [1.165, 1.54) is 12.1 Å². The predicted molar refractivity (Wildman–Crippen MR) is 67.0 cm³/mol. The molecule has 1 aliphatic heterocycles. The molecule has 0 aliphatic carbocycles. The van der Waals surface area contributed by atoms with Crippen LogP contribution >= 0.6 is 0 Å². The molecule has 0 bridgehead atoms. The molecule has 1 atom stereocenters. The zero-order valence-corrected chi connectivity index (χ0v) is 10.5. The van der Waals surface area contributed by atoms with E-state index in [2.05, 4.69) is 5.32 Å². The van der Waals surface area contributed by atoms with Gasteiger partial charge in [0, 0.05) is 37.2 Å². The first kappa shape index (κ1) is 13.9. The maximum absolute atomic E-state index is 13.7. The summed E-state index contributed by atoms with van der Waals surface area (Å²) in [4.78, 5) is 10.9. The number of nitrogens with one attached hydrogen (secondary N) is 1. The summed E-state index contributed by atoms with van der Waals surface area (Å²) in [6, 6.07) is 4.11. The number of carbonyl (C=O) groups excluding carboxylic acids is 1. The van der Waals surface area contributed by atoms with Crippen LogP contribution in [0.15, 0.2) is 18.2 Å². The second kappa shape index (κ2) is 5.64. The Labute approximate surface area is 110 Å². The predicted octanol–water partition coefficient (Wildman–Crippen LogP) is 0.166.